The van der Waals surface area contributed by atoms with Crippen molar-refractivity contribution in [2.45, 2.75) is 19.4 Å². The Balaban J connectivity index is 2.17. The Kier molecular flexibility index (Phi) is 3.07. The van der Waals surface area contributed by atoms with E-state index >= 15 is 0 Å². The fourth-order valence-electron chi connectivity index (χ4n) is 2.12. The van der Waals surface area contributed by atoms with Gasteiger partial charge in [0.1, 0.15) is 0 Å². The lowest BCUT2D eigenvalue weighted by Crippen LogP contribution is -2.25. The van der Waals surface area contributed by atoms with Crippen LogP contribution in [0.3, 0.4) is 0 Å². The van der Waals surface area contributed by atoms with Gasteiger partial charge in [-0.3, -0.25) is 4.68 Å². The molecule has 0 saturated carbocycles. The number of fused-ring (bicyclic) bond motifs is 1. The van der Waals surface area contributed by atoms with E-state index < -0.39 is 0 Å². The van der Waals surface area contributed by atoms with Gasteiger partial charge in [-0.1, -0.05) is 0 Å². The smallest absolute Gasteiger partial charge is 0.0673 e. The number of nitrogens with one attached hydrogen (secondary N) is 1. The van der Waals surface area contributed by atoms with Gasteiger partial charge < -0.3 is 10.2 Å². The van der Waals surface area contributed by atoms with Crippen LogP contribution in [0.25, 0.3) is 0 Å². The van der Waals surface area contributed by atoms with Crippen LogP contribution < -0.4 is 5.32 Å². The highest BCUT2D eigenvalue weighted by Crippen LogP contribution is 2.17. The molecular formula is C11H20N4. The molecule has 0 atom stereocenters. The van der Waals surface area contributed by atoms with Crippen LogP contribution in [0.4, 0.5) is 0 Å². The topological polar surface area (TPSA) is 33.1 Å². The van der Waals surface area contributed by atoms with Crippen LogP contribution >= 0.6 is 0 Å². The Labute approximate surface area is 91.3 Å². The summed E-state index contributed by atoms with van der Waals surface area (Å²) in [7, 11) is 6.26. The molecule has 1 aliphatic heterocycles. The van der Waals surface area contributed by atoms with Gasteiger partial charge in [0.05, 0.1) is 11.4 Å². The molecule has 2 rings (SSSR count). The van der Waals surface area contributed by atoms with Gasteiger partial charge in [0.2, 0.25) is 0 Å². The molecule has 0 aromatic carbocycles. The highest BCUT2D eigenvalue weighted by Gasteiger charge is 2.18. The van der Waals surface area contributed by atoms with Gasteiger partial charge in [0.25, 0.3) is 0 Å². The predicted molar refractivity (Wildman–Crippen MR) is 60.9 cm³/mol. The van der Waals surface area contributed by atoms with E-state index in [-0.39, 0.29) is 0 Å². The van der Waals surface area contributed by atoms with Crippen molar-refractivity contribution in [2.75, 3.05) is 27.2 Å². The predicted octanol–water partition coefficient (Wildman–Crippen LogP) is 0.170. The lowest BCUT2D eigenvalue weighted by atomic mass is 10.0. The number of likely N-dealkylation sites (N-methyl/N-ethyl adjacent to an activating group) is 1. The number of aryl methyl sites for hydroxylation is 1. The monoisotopic (exact) mass is 208 g/mol. The van der Waals surface area contributed by atoms with Crippen molar-refractivity contribution in [3.8, 4) is 0 Å². The molecule has 0 unspecified atom stereocenters. The summed E-state index contributed by atoms with van der Waals surface area (Å²) in [5.74, 6) is 0. The van der Waals surface area contributed by atoms with E-state index in [1.54, 1.807) is 0 Å². The van der Waals surface area contributed by atoms with Gasteiger partial charge in [0.15, 0.2) is 0 Å². The number of hydrogen-bond donors (Lipinski definition) is 1. The summed E-state index contributed by atoms with van der Waals surface area (Å²) in [4.78, 5) is 2.21. The van der Waals surface area contributed by atoms with Gasteiger partial charge >= 0.3 is 0 Å². The number of nitrogens with zero attached hydrogens (tertiary/aromatic N) is 3. The van der Waals surface area contributed by atoms with Crippen molar-refractivity contribution in [2.24, 2.45) is 7.05 Å². The van der Waals surface area contributed by atoms with Crippen molar-refractivity contribution in [3.05, 3.63) is 17.0 Å². The molecule has 0 saturated heterocycles. The zero-order valence-corrected chi connectivity index (χ0v) is 9.88. The lowest BCUT2D eigenvalue weighted by Gasteiger charge is -2.14. The summed E-state index contributed by atoms with van der Waals surface area (Å²) in [6.45, 7) is 3.14. The number of aromatic nitrogens is 2. The third kappa shape index (κ3) is 2.21. The first kappa shape index (κ1) is 10.6. The van der Waals surface area contributed by atoms with Crippen molar-refractivity contribution in [1.29, 1.82) is 0 Å². The second-order valence-electron chi connectivity index (χ2n) is 4.48. The van der Waals surface area contributed by atoms with Crippen molar-refractivity contribution < 1.29 is 0 Å². The van der Waals surface area contributed by atoms with E-state index in [0.29, 0.717) is 0 Å². The minimum absolute atomic E-state index is 0.973. The minimum atomic E-state index is 0.973. The van der Waals surface area contributed by atoms with Gasteiger partial charge in [-0.2, -0.15) is 5.10 Å². The SMILES string of the molecule is CN(C)CCc1nn(C)c2c1CCNC2. The van der Waals surface area contributed by atoms with Crippen LogP contribution in [0.2, 0.25) is 0 Å². The zero-order valence-electron chi connectivity index (χ0n) is 9.88. The Morgan fingerprint density at radius 2 is 2.27 bits per heavy atom. The average molecular weight is 208 g/mol. The van der Waals surface area contributed by atoms with E-state index in [1.807, 2.05) is 11.7 Å². The molecule has 1 aromatic heterocycles. The maximum absolute atomic E-state index is 4.61. The molecule has 84 valence electrons. The molecule has 0 aliphatic carbocycles. The van der Waals surface area contributed by atoms with Crippen LogP contribution in [0.15, 0.2) is 0 Å². The molecule has 1 aliphatic rings. The van der Waals surface area contributed by atoms with Crippen LogP contribution in [-0.2, 0) is 26.4 Å². The van der Waals surface area contributed by atoms with Gasteiger partial charge in [-0.25, -0.2) is 0 Å². The minimum Gasteiger partial charge on any atom is -0.311 e. The first-order valence-electron chi connectivity index (χ1n) is 5.57. The Hall–Kier alpha value is -0.870. The van der Waals surface area contributed by atoms with E-state index in [2.05, 4.69) is 29.4 Å². The van der Waals surface area contributed by atoms with Gasteiger partial charge in [-0.05, 0) is 32.6 Å². The fraction of sp³-hybridized carbons (Fsp3) is 0.727. The summed E-state index contributed by atoms with van der Waals surface area (Å²) < 4.78 is 2.03. The molecule has 0 amide bonds. The standard InChI is InChI=1S/C11H20N4/c1-14(2)7-5-10-9-4-6-12-8-11(9)15(3)13-10/h12H,4-8H2,1-3H3. The van der Waals surface area contributed by atoms with Crippen molar-refractivity contribution in [3.63, 3.8) is 0 Å². The van der Waals surface area contributed by atoms with Crippen LogP contribution in [-0.4, -0.2) is 41.9 Å². The van der Waals surface area contributed by atoms with Crippen LogP contribution in [0.1, 0.15) is 17.0 Å². The average Bonchev–Trinajstić information content (AvgIpc) is 2.54. The third-order valence-corrected chi connectivity index (χ3v) is 3.00. The highest BCUT2D eigenvalue weighted by atomic mass is 15.3. The molecule has 0 bridgehead atoms. The van der Waals surface area contributed by atoms with Gasteiger partial charge in [-0.15, -0.1) is 0 Å². The first-order valence-corrected chi connectivity index (χ1v) is 5.57. The highest BCUT2D eigenvalue weighted by molar-refractivity contribution is 5.28. The maximum Gasteiger partial charge on any atom is 0.0673 e. The first-order chi connectivity index (χ1) is 7.18. The summed E-state index contributed by atoms with van der Waals surface area (Å²) >= 11 is 0. The summed E-state index contributed by atoms with van der Waals surface area (Å²) in [6, 6.07) is 0. The largest absolute Gasteiger partial charge is 0.311 e. The molecule has 0 radical (unpaired) electrons. The third-order valence-electron chi connectivity index (χ3n) is 3.00. The second kappa shape index (κ2) is 4.33. The molecular weight excluding hydrogens is 188 g/mol. The second-order valence-corrected chi connectivity index (χ2v) is 4.48. The van der Waals surface area contributed by atoms with E-state index in [1.165, 1.54) is 17.0 Å². The van der Waals surface area contributed by atoms with Gasteiger partial charge in [0, 0.05) is 26.6 Å². The molecule has 2 heterocycles. The Bertz CT molecular complexity index is 341. The molecule has 4 heteroatoms. The summed E-state index contributed by atoms with van der Waals surface area (Å²) in [5, 5.41) is 8.00. The van der Waals surface area contributed by atoms with Crippen molar-refractivity contribution >= 4 is 0 Å². The van der Waals surface area contributed by atoms with E-state index in [0.717, 1.165) is 32.5 Å². The Morgan fingerprint density at radius 1 is 1.47 bits per heavy atom. The van der Waals surface area contributed by atoms with Crippen molar-refractivity contribution in [1.82, 2.24) is 20.0 Å². The maximum atomic E-state index is 4.61. The molecule has 0 fully saturated rings. The molecule has 0 spiro atoms. The summed E-state index contributed by atoms with van der Waals surface area (Å²) in [6.07, 6.45) is 2.20. The molecule has 4 nitrogen and oxygen atoms in total. The molecule has 15 heavy (non-hydrogen) atoms. The fourth-order valence-corrected chi connectivity index (χ4v) is 2.12. The zero-order chi connectivity index (χ0) is 10.8. The summed E-state index contributed by atoms with van der Waals surface area (Å²) in [5.41, 5.74) is 4.15. The normalized spacial score (nSPS) is 15.7. The number of rotatable bonds is 3. The van der Waals surface area contributed by atoms with E-state index in [4.69, 9.17) is 0 Å². The quantitative estimate of drug-likeness (QED) is 0.768. The van der Waals surface area contributed by atoms with Crippen LogP contribution in [0.5, 0.6) is 0 Å². The van der Waals surface area contributed by atoms with Crippen LogP contribution in [0, 0.1) is 0 Å². The van der Waals surface area contributed by atoms with E-state index in [9.17, 15) is 0 Å². The molecule has 1 aromatic rings. The molecule has 1 N–H and O–H groups in total. The Morgan fingerprint density at radius 3 is 3.00 bits per heavy atom. The lowest BCUT2D eigenvalue weighted by molar-refractivity contribution is 0.410. The number of hydrogen-bond acceptors (Lipinski definition) is 3.